The standard InChI is InChI=1S/C6H14O2.H3N/c1-4-7-6(3)8-5-2;/h6H,4-5H2,1-3H3;1H3. The van der Waals surface area contributed by atoms with Crippen molar-refractivity contribution >= 4 is 0 Å². The second kappa shape index (κ2) is 7.88. The average molecular weight is 135 g/mol. The normalized spacial score (nSPS) is 9.33. The molecule has 0 aliphatic heterocycles. The molecule has 9 heavy (non-hydrogen) atoms. The van der Waals surface area contributed by atoms with E-state index < -0.39 is 0 Å². The van der Waals surface area contributed by atoms with E-state index in [1.807, 2.05) is 20.8 Å². The molecule has 0 aromatic heterocycles. The Hall–Kier alpha value is -0.120. The summed E-state index contributed by atoms with van der Waals surface area (Å²) in [7, 11) is 0. The molecule has 0 unspecified atom stereocenters. The first-order valence-corrected chi connectivity index (χ1v) is 3.04. The van der Waals surface area contributed by atoms with Crippen LogP contribution in [0.1, 0.15) is 20.8 Å². The van der Waals surface area contributed by atoms with E-state index in [2.05, 4.69) is 0 Å². The van der Waals surface area contributed by atoms with E-state index in [-0.39, 0.29) is 12.4 Å². The Balaban J connectivity index is 0. The van der Waals surface area contributed by atoms with Gasteiger partial charge in [0.25, 0.3) is 0 Å². The molecule has 3 N–H and O–H groups in total. The SMILES string of the molecule is CCOC(C)OCC.N. The maximum atomic E-state index is 5.06. The largest absolute Gasteiger partial charge is 0.353 e. The van der Waals surface area contributed by atoms with Crippen LogP contribution >= 0.6 is 0 Å². The van der Waals surface area contributed by atoms with E-state index in [4.69, 9.17) is 9.47 Å². The van der Waals surface area contributed by atoms with Gasteiger partial charge >= 0.3 is 0 Å². The summed E-state index contributed by atoms with van der Waals surface area (Å²) >= 11 is 0. The molecule has 0 saturated carbocycles. The van der Waals surface area contributed by atoms with Gasteiger partial charge in [-0.15, -0.1) is 0 Å². The fraction of sp³-hybridized carbons (Fsp3) is 1.00. The first kappa shape index (κ1) is 11.6. The highest BCUT2D eigenvalue weighted by Crippen LogP contribution is 1.90. The molecular weight excluding hydrogens is 118 g/mol. The van der Waals surface area contributed by atoms with Gasteiger partial charge in [0.1, 0.15) is 0 Å². The molecule has 0 aromatic carbocycles. The Bertz CT molecular complexity index is 44.3. The predicted octanol–water partition coefficient (Wildman–Crippen LogP) is 1.57. The summed E-state index contributed by atoms with van der Waals surface area (Å²) in [4.78, 5) is 0. The first-order chi connectivity index (χ1) is 3.81. The van der Waals surface area contributed by atoms with Gasteiger partial charge in [-0.3, -0.25) is 0 Å². The van der Waals surface area contributed by atoms with Crippen LogP contribution in [0.15, 0.2) is 0 Å². The molecule has 0 heterocycles. The van der Waals surface area contributed by atoms with E-state index in [0.29, 0.717) is 0 Å². The van der Waals surface area contributed by atoms with Crippen LogP contribution in [-0.2, 0) is 9.47 Å². The minimum atomic E-state index is -0.0370. The first-order valence-electron chi connectivity index (χ1n) is 3.04. The number of hydrogen-bond donors (Lipinski definition) is 1. The van der Waals surface area contributed by atoms with Gasteiger partial charge in [-0.05, 0) is 20.8 Å². The van der Waals surface area contributed by atoms with Crippen molar-refractivity contribution in [1.29, 1.82) is 0 Å². The van der Waals surface area contributed by atoms with Crippen LogP contribution in [0.2, 0.25) is 0 Å². The van der Waals surface area contributed by atoms with Gasteiger partial charge in [0.15, 0.2) is 6.29 Å². The summed E-state index contributed by atoms with van der Waals surface area (Å²) in [5, 5.41) is 0. The minimum absolute atomic E-state index is 0. The average Bonchev–Trinajstić information content (AvgIpc) is 1.68. The summed E-state index contributed by atoms with van der Waals surface area (Å²) in [5.41, 5.74) is 0. The lowest BCUT2D eigenvalue weighted by atomic mass is 10.7. The summed E-state index contributed by atoms with van der Waals surface area (Å²) < 4.78 is 10.1. The predicted molar refractivity (Wildman–Crippen MR) is 37.7 cm³/mol. The molecule has 0 radical (unpaired) electrons. The maximum Gasteiger partial charge on any atom is 0.154 e. The summed E-state index contributed by atoms with van der Waals surface area (Å²) in [6, 6.07) is 0. The molecule has 0 atom stereocenters. The molecule has 0 rings (SSSR count). The van der Waals surface area contributed by atoms with Crippen molar-refractivity contribution in [3.8, 4) is 0 Å². The van der Waals surface area contributed by atoms with Crippen molar-refractivity contribution in [2.24, 2.45) is 0 Å². The van der Waals surface area contributed by atoms with Gasteiger partial charge in [0, 0.05) is 13.2 Å². The molecule has 3 nitrogen and oxygen atoms in total. The Kier molecular flexibility index (Phi) is 10.2. The third-order valence-corrected chi connectivity index (χ3v) is 0.803. The number of ether oxygens (including phenoxy) is 2. The van der Waals surface area contributed by atoms with Crippen LogP contribution in [-0.4, -0.2) is 19.5 Å². The van der Waals surface area contributed by atoms with Crippen molar-refractivity contribution in [1.82, 2.24) is 6.15 Å². The van der Waals surface area contributed by atoms with Gasteiger partial charge in [0.05, 0.1) is 0 Å². The highest BCUT2D eigenvalue weighted by Gasteiger charge is 1.94. The van der Waals surface area contributed by atoms with Crippen LogP contribution < -0.4 is 6.15 Å². The summed E-state index contributed by atoms with van der Waals surface area (Å²) in [6.07, 6.45) is -0.0370. The molecule has 0 amide bonds. The highest BCUT2D eigenvalue weighted by molar-refractivity contribution is 4.26. The fourth-order valence-corrected chi connectivity index (χ4v) is 0.518. The lowest BCUT2D eigenvalue weighted by Gasteiger charge is -2.09. The zero-order chi connectivity index (χ0) is 6.41. The minimum Gasteiger partial charge on any atom is -0.353 e. The molecule has 3 heteroatoms. The van der Waals surface area contributed by atoms with Crippen molar-refractivity contribution in [2.45, 2.75) is 27.1 Å². The van der Waals surface area contributed by atoms with E-state index in [0.717, 1.165) is 13.2 Å². The third-order valence-electron chi connectivity index (χ3n) is 0.803. The Morgan fingerprint density at radius 1 is 1.11 bits per heavy atom. The smallest absolute Gasteiger partial charge is 0.154 e. The molecule has 58 valence electrons. The van der Waals surface area contributed by atoms with Gasteiger partial charge in [-0.1, -0.05) is 0 Å². The van der Waals surface area contributed by atoms with Crippen molar-refractivity contribution in [2.75, 3.05) is 13.2 Å². The lowest BCUT2D eigenvalue weighted by Crippen LogP contribution is -2.11. The highest BCUT2D eigenvalue weighted by atomic mass is 16.7. The lowest BCUT2D eigenvalue weighted by molar-refractivity contribution is -0.123. The molecule has 0 aliphatic rings. The van der Waals surface area contributed by atoms with Gasteiger partial charge < -0.3 is 15.6 Å². The van der Waals surface area contributed by atoms with Gasteiger partial charge in [-0.2, -0.15) is 0 Å². The third kappa shape index (κ3) is 7.88. The fourth-order valence-electron chi connectivity index (χ4n) is 0.518. The number of rotatable bonds is 4. The molecule has 0 saturated heterocycles. The monoisotopic (exact) mass is 135 g/mol. The molecule has 0 aromatic rings. The summed E-state index contributed by atoms with van der Waals surface area (Å²) in [5.74, 6) is 0. The van der Waals surface area contributed by atoms with Crippen LogP contribution in [0.3, 0.4) is 0 Å². The van der Waals surface area contributed by atoms with E-state index >= 15 is 0 Å². The molecule has 0 bridgehead atoms. The van der Waals surface area contributed by atoms with Gasteiger partial charge in [0.2, 0.25) is 0 Å². The quantitative estimate of drug-likeness (QED) is 0.595. The summed E-state index contributed by atoms with van der Waals surface area (Å²) in [6.45, 7) is 7.25. The van der Waals surface area contributed by atoms with Crippen molar-refractivity contribution in [3.05, 3.63) is 0 Å². The zero-order valence-corrected chi connectivity index (χ0v) is 6.52. The second-order valence-corrected chi connectivity index (χ2v) is 1.48. The van der Waals surface area contributed by atoms with Gasteiger partial charge in [-0.25, -0.2) is 0 Å². The number of hydrogen-bond acceptors (Lipinski definition) is 3. The van der Waals surface area contributed by atoms with Crippen LogP contribution in [0.5, 0.6) is 0 Å². The van der Waals surface area contributed by atoms with Crippen molar-refractivity contribution < 1.29 is 9.47 Å². The van der Waals surface area contributed by atoms with Crippen LogP contribution in [0, 0.1) is 0 Å². The van der Waals surface area contributed by atoms with Crippen molar-refractivity contribution in [3.63, 3.8) is 0 Å². The maximum absolute atomic E-state index is 5.06. The second-order valence-electron chi connectivity index (χ2n) is 1.48. The molecule has 0 aliphatic carbocycles. The van der Waals surface area contributed by atoms with E-state index in [1.165, 1.54) is 0 Å². The van der Waals surface area contributed by atoms with E-state index in [1.54, 1.807) is 0 Å². The topological polar surface area (TPSA) is 53.5 Å². The Morgan fingerprint density at radius 2 is 1.44 bits per heavy atom. The van der Waals surface area contributed by atoms with E-state index in [9.17, 15) is 0 Å². The van der Waals surface area contributed by atoms with Crippen LogP contribution in [0.4, 0.5) is 0 Å². The molecule has 0 spiro atoms. The molecule has 0 fully saturated rings. The molecular formula is C6H17NO2. The Morgan fingerprint density at radius 3 is 1.67 bits per heavy atom. The Labute approximate surface area is 56.9 Å². The van der Waals surface area contributed by atoms with Crippen LogP contribution in [0.25, 0.3) is 0 Å². The zero-order valence-electron chi connectivity index (χ0n) is 6.52.